The average Bonchev–Trinajstić information content (AvgIpc) is 3.14. The van der Waals surface area contributed by atoms with Crippen LogP contribution in [-0.2, 0) is 0 Å². The van der Waals surface area contributed by atoms with Gasteiger partial charge in [-0.1, -0.05) is 31.0 Å². The van der Waals surface area contributed by atoms with Crippen LogP contribution < -0.4 is 9.47 Å². The molecule has 0 N–H and O–H groups in total. The van der Waals surface area contributed by atoms with E-state index in [4.69, 9.17) is 9.47 Å². The number of hydrogen-bond acceptors (Lipinski definition) is 7. The maximum absolute atomic E-state index is 12.6. The largest absolute Gasteiger partial charge is 0.497 e. The van der Waals surface area contributed by atoms with Crippen molar-refractivity contribution in [1.82, 2.24) is 20.2 Å². The van der Waals surface area contributed by atoms with Gasteiger partial charge in [-0.2, -0.15) is 0 Å². The number of ketones is 1. The van der Waals surface area contributed by atoms with Gasteiger partial charge < -0.3 is 9.47 Å². The first kappa shape index (κ1) is 17.7. The van der Waals surface area contributed by atoms with E-state index in [1.165, 1.54) is 31.0 Å². The molecule has 1 aliphatic rings. The van der Waals surface area contributed by atoms with Gasteiger partial charge >= 0.3 is 0 Å². The molecule has 0 atom stereocenters. The van der Waals surface area contributed by atoms with Crippen LogP contribution in [0.3, 0.4) is 0 Å². The van der Waals surface area contributed by atoms with E-state index < -0.39 is 0 Å². The Bertz CT molecular complexity index is 728. The van der Waals surface area contributed by atoms with E-state index in [9.17, 15) is 4.79 Å². The molecule has 134 valence electrons. The number of nitrogens with zero attached hydrogens (tertiary/aromatic N) is 4. The van der Waals surface area contributed by atoms with Gasteiger partial charge in [0.1, 0.15) is 11.5 Å². The number of benzene rings is 1. The van der Waals surface area contributed by atoms with Gasteiger partial charge in [-0.25, -0.2) is 4.68 Å². The molecule has 0 amide bonds. The summed E-state index contributed by atoms with van der Waals surface area (Å²) in [6.07, 6.45) is 5.88. The standard InChI is InChI=1S/C17H22N4O3S/c1-23-13-8-9-14(16(10-13)24-2)15(22)11-25-17-18-19-20-21(17)12-6-4-3-5-7-12/h8-10,12H,3-7,11H2,1-2H3. The van der Waals surface area contributed by atoms with Crippen molar-refractivity contribution in [3.05, 3.63) is 23.8 Å². The van der Waals surface area contributed by atoms with E-state index in [-0.39, 0.29) is 11.5 Å². The number of hydrogen-bond donors (Lipinski definition) is 0. The summed E-state index contributed by atoms with van der Waals surface area (Å²) < 4.78 is 12.4. The Kier molecular flexibility index (Phi) is 5.91. The highest BCUT2D eigenvalue weighted by Crippen LogP contribution is 2.31. The lowest BCUT2D eigenvalue weighted by Crippen LogP contribution is -2.16. The summed E-state index contributed by atoms with van der Waals surface area (Å²) in [7, 11) is 3.12. The molecular weight excluding hydrogens is 340 g/mol. The first-order chi connectivity index (χ1) is 12.2. The van der Waals surface area contributed by atoms with Gasteiger partial charge in [-0.3, -0.25) is 4.79 Å². The van der Waals surface area contributed by atoms with Crippen LogP contribution in [-0.4, -0.2) is 46.0 Å². The Morgan fingerprint density at radius 1 is 1.24 bits per heavy atom. The Morgan fingerprint density at radius 2 is 2.04 bits per heavy atom. The minimum absolute atomic E-state index is 0.0253. The molecule has 0 aliphatic heterocycles. The normalized spacial score (nSPS) is 15.1. The number of ether oxygens (including phenoxy) is 2. The maximum Gasteiger partial charge on any atom is 0.210 e. The highest BCUT2D eigenvalue weighted by Gasteiger charge is 2.21. The van der Waals surface area contributed by atoms with Crippen molar-refractivity contribution in [2.45, 2.75) is 43.3 Å². The van der Waals surface area contributed by atoms with E-state index in [0.717, 1.165) is 12.8 Å². The monoisotopic (exact) mass is 362 g/mol. The predicted octanol–water partition coefficient (Wildman–Crippen LogP) is 3.17. The summed E-state index contributed by atoms with van der Waals surface area (Å²) in [6, 6.07) is 5.54. The summed E-state index contributed by atoms with van der Waals surface area (Å²) in [6.45, 7) is 0. The van der Waals surface area contributed by atoms with Crippen LogP contribution in [0.25, 0.3) is 0 Å². The van der Waals surface area contributed by atoms with E-state index in [0.29, 0.717) is 28.3 Å². The van der Waals surface area contributed by atoms with Crippen LogP contribution in [0, 0.1) is 0 Å². The zero-order chi connectivity index (χ0) is 17.6. The molecule has 1 heterocycles. The molecular formula is C17H22N4O3S. The van der Waals surface area contributed by atoms with Gasteiger partial charge in [0.05, 0.1) is 31.6 Å². The van der Waals surface area contributed by atoms with Crippen LogP contribution in [0.15, 0.2) is 23.4 Å². The molecule has 0 saturated heterocycles. The molecule has 1 aliphatic carbocycles. The molecule has 8 heteroatoms. The van der Waals surface area contributed by atoms with E-state index in [1.54, 1.807) is 32.4 Å². The van der Waals surface area contributed by atoms with Gasteiger partial charge in [0.15, 0.2) is 5.78 Å². The minimum Gasteiger partial charge on any atom is -0.497 e. The second-order valence-corrected chi connectivity index (χ2v) is 6.92. The molecule has 3 rings (SSSR count). The lowest BCUT2D eigenvalue weighted by Gasteiger charge is -2.21. The summed E-state index contributed by atoms with van der Waals surface area (Å²) >= 11 is 1.37. The first-order valence-electron chi connectivity index (χ1n) is 8.39. The fourth-order valence-corrected chi connectivity index (χ4v) is 3.90. The summed E-state index contributed by atoms with van der Waals surface area (Å²) in [5, 5.41) is 12.7. The number of tetrazole rings is 1. The van der Waals surface area contributed by atoms with Crippen molar-refractivity contribution in [1.29, 1.82) is 0 Å². The SMILES string of the molecule is COc1ccc(C(=O)CSc2nnnn2C2CCCCC2)c(OC)c1. The Balaban J connectivity index is 1.68. The van der Waals surface area contributed by atoms with Crippen LogP contribution >= 0.6 is 11.8 Å². The van der Waals surface area contributed by atoms with Crippen LogP contribution in [0.5, 0.6) is 11.5 Å². The summed E-state index contributed by atoms with van der Waals surface area (Å²) in [4.78, 5) is 12.6. The number of rotatable bonds is 7. The molecule has 0 unspecified atom stereocenters. The van der Waals surface area contributed by atoms with Gasteiger partial charge in [-0.05, 0) is 35.4 Å². The van der Waals surface area contributed by atoms with E-state index in [2.05, 4.69) is 15.5 Å². The second kappa shape index (κ2) is 8.33. The second-order valence-electron chi connectivity index (χ2n) is 5.98. The third-order valence-corrected chi connectivity index (χ3v) is 5.36. The van der Waals surface area contributed by atoms with Crippen molar-refractivity contribution >= 4 is 17.5 Å². The third-order valence-electron chi connectivity index (χ3n) is 4.42. The number of thioether (sulfide) groups is 1. The Morgan fingerprint density at radius 3 is 2.76 bits per heavy atom. The van der Waals surface area contributed by atoms with Crippen LogP contribution in [0.4, 0.5) is 0 Å². The van der Waals surface area contributed by atoms with Crippen molar-refractivity contribution < 1.29 is 14.3 Å². The van der Waals surface area contributed by atoms with Gasteiger partial charge in [0.25, 0.3) is 0 Å². The van der Waals surface area contributed by atoms with Crippen LogP contribution in [0.1, 0.15) is 48.5 Å². The van der Waals surface area contributed by atoms with Gasteiger partial charge in [-0.15, -0.1) is 5.10 Å². The Hall–Kier alpha value is -2.09. The van der Waals surface area contributed by atoms with E-state index in [1.807, 2.05) is 4.68 Å². The molecule has 0 spiro atoms. The highest BCUT2D eigenvalue weighted by atomic mass is 32.2. The molecule has 7 nitrogen and oxygen atoms in total. The molecule has 1 fully saturated rings. The number of aromatic nitrogens is 4. The van der Waals surface area contributed by atoms with Crippen molar-refractivity contribution in [3.63, 3.8) is 0 Å². The predicted molar refractivity (Wildman–Crippen MR) is 94.5 cm³/mol. The smallest absolute Gasteiger partial charge is 0.210 e. The number of Topliss-reactive ketones (excluding diaryl/α,β-unsaturated/α-hetero) is 1. The van der Waals surface area contributed by atoms with Crippen molar-refractivity contribution in [2.24, 2.45) is 0 Å². The average molecular weight is 362 g/mol. The first-order valence-corrected chi connectivity index (χ1v) is 9.37. The maximum atomic E-state index is 12.6. The molecule has 0 bridgehead atoms. The van der Waals surface area contributed by atoms with Gasteiger partial charge in [0.2, 0.25) is 5.16 Å². The summed E-state index contributed by atoms with van der Waals surface area (Å²) in [5.41, 5.74) is 0.535. The zero-order valence-electron chi connectivity index (χ0n) is 14.5. The topological polar surface area (TPSA) is 79.1 Å². The number of carbonyl (C=O) groups excluding carboxylic acids is 1. The molecule has 1 saturated carbocycles. The Labute approximate surface area is 151 Å². The van der Waals surface area contributed by atoms with Crippen molar-refractivity contribution in [3.8, 4) is 11.5 Å². The molecule has 1 aromatic heterocycles. The van der Waals surface area contributed by atoms with Crippen molar-refractivity contribution in [2.75, 3.05) is 20.0 Å². The van der Waals surface area contributed by atoms with Crippen LogP contribution in [0.2, 0.25) is 0 Å². The lowest BCUT2D eigenvalue weighted by atomic mass is 9.96. The highest BCUT2D eigenvalue weighted by molar-refractivity contribution is 7.99. The molecule has 1 aromatic carbocycles. The fourth-order valence-electron chi connectivity index (χ4n) is 3.07. The summed E-state index contributed by atoms with van der Waals surface area (Å²) in [5.74, 6) is 1.40. The number of carbonyl (C=O) groups is 1. The minimum atomic E-state index is -0.0253. The quantitative estimate of drug-likeness (QED) is 0.553. The lowest BCUT2D eigenvalue weighted by molar-refractivity contribution is 0.101. The fraction of sp³-hybridized carbons (Fsp3) is 0.529. The molecule has 25 heavy (non-hydrogen) atoms. The molecule has 2 aromatic rings. The third kappa shape index (κ3) is 4.12. The number of methoxy groups -OCH3 is 2. The van der Waals surface area contributed by atoms with E-state index >= 15 is 0 Å². The zero-order valence-corrected chi connectivity index (χ0v) is 15.3. The van der Waals surface area contributed by atoms with Gasteiger partial charge in [0, 0.05) is 6.07 Å². The molecule has 0 radical (unpaired) electrons.